The second-order valence-electron chi connectivity index (χ2n) is 5.70. The molecule has 124 valence electrons. The Morgan fingerprint density at radius 1 is 1.20 bits per heavy atom. The first-order chi connectivity index (χ1) is 12.0. The lowest BCUT2D eigenvalue weighted by molar-refractivity contribution is 0.473. The molecule has 0 saturated carbocycles. The normalized spacial score (nSPS) is 14.8. The molecule has 0 radical (unpaired) electrons. The molecule has 2 aromatic carbocycles. The first-order valence-corrected chi connectivity index (χ1v) is 9.14. The highest BCUT2D eigenvalue weighted by Crippen LogP contribution is 2.35. The van der Waals surface area contributed by atoms with Gasteiger partial charge in [0.05, 0.1) is 21.7 Å². The van der Waals surface area contributed by atoms with E-state index in [1.807, 2.05) is 6.07 Å². The number of aromatic hydroxyl groups is 1. The Bertz CT molecular complexity index is 1170. The topological polar surface area (TPSA) is 116 Å². The number of benzene rings is 2. The van der Waals surface area contributed by atoms with Gasteiger partial charge in [-0.15, -0.1) is 0 Å². The molecule has 2 heterocycles. The van der Waals surface area contributed by atoms with Gasteiger partial charge >= 0.3 is 0 Å². The van der Waals surface area contributed by atoms with Gasteiger partial charge in [0.1, 0.15) is 24.0 Å². The fourth-order valence-corrected chi connectivity index (χ4v) is 4.57. The fraction of sp³-hybridized carbons (Fsp3) is 0.118. The highest BCUT2D eigenvalue weighted by molar-refractivity contribution is 7.91. The smallest absolute Gasteiger partial charge is 0.179 e. The molecule has 0 fully saturated rings. The van der Waals surface area contributed by atoms with Crippen molar-refractivity contribution in [2.24, 2.45) is 0 Å². The average molecular weight is 352 g/mol. The van der Waals surface area contributed by atoms with Gasteiger partial charge in [0.15, 0.2) is 9.84 Å². The van der Waals surface area contributed by atoms with Crippen molar-refractivity contribution < 1.29 is 13.5 Å². The Morgan fingerprint density at radius 2 is 2.04 bits per heavy atom. The van der Waals surface area contributed by atoms with Crippen molar-refractivity contribution in [3.63, 3.8) is 0 Å². The van der Waals surface area contributed by atoms with E-state index in [1.165, 1.54) is 18.5 Å². The highest BCUT2D eigenvalue weighted by atomic mass is 32.2. The third kappa shape index (κ3) is 2.45. The lowest BCUT2D eigenvalue weighted by Crippen LogP contribution is -2.00. The number of rotatable bonds is 2. The number of phenols is 1. The number of aryl methyl sites for hydroxylation is 1. The van der Waals surface area contributed by atoms with Crippen molar-refractivity contribution in [3.8, 4) is 11.8 Å². The summed E-state index contributed by atoms with van der Waals surface area (Å²) in [4.78, 5) is 8.78. The monoisotopic (exact) mass is 352 g/mol. The van der Waals surface area contributed by atoms with Crippen LogP contribution in [0.3, 0.4) is 0 Å². The summed E-state index contributed by atoms with van der Waals surface area (Å²) >= 11 is 0. The molecule has 0 unspecified atom stereocenters. The van der Waals surface area contributed by atoms with Crippen LogP contribution in [0.15, 0.2) is 41.6 Å². The molecule has 8 heteroatoms. The van der Waals surface area contributed by atoms with Crippen LogP contribution in [0.4, 0.5) is 11.5 Å². The van der Waals surface area contributed by atoms with E-state index >= 15 is 0 Å². The number of aromatic nitrogens is 2. The van der Waals surface area contributed by atoms with E-state index < -0.39 is 9.84 Å². The third-order valence-corrected chi connectivity index (χ3v) is 6.00. The number of nitrogens with zero attached hydrogens (tertiary/aromatic N) is 3. The summed E-state index contributed by atoms with van der Waals surface area (Å²) in [6, 6.07) is 9.70. The van der Waals surface area contributed by atoms with E-state index in [1.54, 1.807) is 18.2 Å². The van der Waals surface area contributed by atoms with Gasteiger partial charge in [-0.25, -0.2) is 18.4 Å². The van der Waals surface area contributed by atoms with Crippen LogP contribution in [0, 0.1) is 11.3 Å². The van der Waals surface area contributed by atoms with Crippen LogP contribution in [-0.4, -0.2) is 29.2 Å². The molecule has 0 amide bonds. The van der Waals surface area contributed by atoms with Crippen LogP contribution in [0.2, 0.25) is 0 Å². The maximum atomic E-state index is 12.2. The standard InChI is InChI=1S/C17H12N4O3S/c18-8-10-7-11(1-3-14(10)22)21-17-16-12-5-6-25(23,24)15(12)4-2-13(16)19-9-20-17/h1-4,7,9,22H,5-6H2,(H,19,20,21). The van der Waals surface area contributed by atoms with Gasteiger partial charge in [-0.3, -0.25) is 0 Å². The number of sulfone groups is 1. The van der Waals surface area contributed by atoms with Crippen molar-refractivity contribution in [2.75, 3.05) is 11.1 Å². The van der Waals surface area contributed by atoms with Crippen molar-refractivity contribution >= 4 is 32.2 Å². The second kappa shape index (κ2) is 5.43. The van der Waals surface area contributed by atoms with E-state index in [4.69, 9.17) is 5.26 Å². The largest absolute Gasteiger partial charge is 0.507 e. The number of hydrogen-bond acceptors (Lipinski definition) is 7. The molecule has 7 nitrogen and oxygen atoms in total. The lowest BCUT2D eigenvalue weighted by Gasteiger charge is -2.11. The SMILES string of the molecule is N#Cc1cc(Nc2ncnc3ccc4c(c23)CCS4(=O)=O)ccc1O. The summed E-state index contributed by atoms with van der Waals surface area (Å²) < 4.78 is 24.3. The van der Waals surface area contributed by atoms with Gasteiger partial charge < -0.3 is 10.4 Å². The number of anilines is 2. The summed E-state index contributed by atoms with van der Waals surface area (Å²) in [5, 5.41) is 22.4. The maximum absolute atomic E-state index is 12.2. The first-order valence-electron chi connectivity index (χ1n) is 7.49. The van der Waals surface area contributed by atoms with Crippen LogP contribution in [0.1, 0.15) is 11.1 Å². The summed E-state index contributed by atoms with van der Waals surface area (Å²) in [7, 11) is -3.26. The summed E-state index contributed by atoms with van der Waals surface area (Å²) in [5.41, 5.74) is 2.05. The van der Waals surface area contributed by atoms with Crippen molar-refractivity contribution in [1.82, 2.24) is 9.97 Å². The Hall–Kier alpha value is -3.18. The first kappa shape index (κ1) is 15.4. The number of fused-ring (bicyclic) bond motifs is 3. The Kier molecular flexibility index (Phi) is 3.33. The van der Waals surface area contributed by atoms with E-state index in [-0.39, 0.29) is 17.1 Å². The van der Waals surface area contributed by atoms with E-state index in [0.29, 0.717) is 39.3 Å². The molecule has 1 aliphatic heterocycles. The zero-order valence-electron chi connectivity index (χ0n) is 12.9. The van der Waals surface area contributed by atoms with E-state index in [9.17, 15) is 13.5 Å². The van der Waals surface area contributed by atoms with Crippen LogP contribution < -0.4 is 5.32 Å². The maximum Gasteiger partial charge on any atom is 0.179 e. The molecule has 4 rings (SSSR count). The van der Waals surface area contributed by atoms with E-state index in [2.05, 4.69) is 15.3 Å². The van der Waals surface area contributed by atoms with Gasteiger partial charge in [-0.05, 0) is 42.3 Å². The molecular weight excluding hydrogens is 340 g/mol. The average Bonchev–Trinajstić information content (AvgIpc) is 2.92. The van der Waals surface area contributed by atoms with E-state index in [0.717, 1.165) is 0 Å². The zero-order valence-corrected chi connectivity index (χ0v) is 13.7. The highest BCUT2D eigenvalue weighted by Gasteiger charge is 2.29. The Balaban J connectivity index is 1.89. The van der Waals surface area contributed by atoms with Crippen LogP contribution in [-0.2, 0) is 16.3 Å². The van der Waals surface area contributed by atoms with Crippen molar-refractivity contribution in [3.05, 3.63) is 47.8 Å². The number of nitrogens with one attached hydrogen (secondary N) is 1. The van der Waals surface area contributed by atoms with Gasteiger partial charge in [-0.2, -0.15) is 5.26 Å². The molecule has 1 aliphatic rings. The fourth-order valence-electron chi connectivity index (χ4n) is 3.02. The molecule has 0 saturated heterocycles. The molecule has 25 heavy (non-hydrogen) atoms. The number of nitriles is 1. The zero-order chi connectivity index (χ0) is 17.6. The molecular formula is C17H12N4O3S. The van der Waals surface area contributed by atoms with Crippen LogP contribution in [0.5, 0.6) is 5.75 Å². The predicted octanol–water partition coefficient (Wildman–Crippen LogP) is 2.28. The molecule has 1 aromatic heterocycles. The van der Waals surface area contributed by atoms with Gasteiger partial charge in [0.25, 0.3) is 0 Å². The minimum atomic E-state index is -3.26. The predicted molar refractivity (Wildman–Crippen MR) is 91.4 cm³/mol. The summed E-state index contributed by atoms with van der Waals surface area (Å²) in [5.74, 6) is 0.439. The van der Waals surface area contributed by atoms with Gasteiger partial charge in [-0.1, -0.05) is 0 Å². The lowest BCUT2D eigenvalue weighted by atomic mass is 10.1. The molecule has 0 atom stereocenters. The van der Waals surface area contributed by atoms with Gasteiger partial charge in [0.2, 0.25) is 0 Å². The molecule has 0 aliphatic carbocycles. The third-order valence-electron chi connectivity index (χ3n) is 4.20. The minimum absolute atomic E-state index is 0.0770. The minimum Gasteiger partial charge on any atom is -0.507 e. The van der Waals surface area contributed by atoms with Crippen LogP contribution >= 0.6 is 0 Å². The van der Waals surface area contributed by atoms with Gasteiger partial charge in [0, 0.05) is 11.1 Å². The second-order valence-corrected chi connectivity index (χ2v) is 7.77. The quantitative estimate of drug-likeness (QED) is 0.680. The van der Waals surface area contributed by atoms with Crippen LogP contribution in [0.25, 0.3) is 10.9 Å². The molecule has 0 spiro atoms. The Labute approximate surface area is 143 Å². The Morgan fingerprint density at radius 3 is 2.84 bits per heavy atom. The van der Waals surface area contributed by atoms with Crippen molar-refractivity contribution in [1.29, 1.82) is 5.26 Å². The molecule has 0 bridgehead atoms. The summed E-state index contributed by atoms with van der Waals surface area (Å²) in [6.07, 6.45) is 1.81. The number of phenolic OH excluding ortho intramolecular Hbond substituents is 1. The summed E-state index contributed by atoms with van der Waals surface area (Å²) in [6.45, 7) is 0. The number of hydrogen-bond donors (Lipinski definition) is 2. The van der Waals surface area contributed by atoms with Crippen molar-refractivity contribution in [2.45, 2.75) is 11.3 Å². The molecule has 2 N–H and O–H groups in total. The molecule has 3 aromatic rings.